The van der Waals surface area contributed by atoms with Gasteiger partial charge in [-0.3, -0.25) is 0 Å². The summed E-state index contributed by atoms with van der Waals surface area (Å²) in [6, 6.07) is 4.53. The van der Waals surface area contributed by atoms with E-state index < -0.39 is 5.82 Å². The normalized spacial score (nSPS) is 21.7. The molecule has 0 saturated carbocycles. The van der Waals surface area contributed by atoms with Gasteiger partial charge >= 0.3 is 0 Å². The van der Waals surface area contributed by atoms with Gasteiger partial charge in [0.1, 0.15) is 0 Å². The molecule has 0 aliphatic carbocycles. The first-order valence-corrected chi connectivity index (χ1v) is 7.11. The van der Waals surface area contributed by atoms with E-state index in [9.17, 15) is 4.39 Å². The van der Waals surface area contributed by atoms with E-state index in [1.807, 2.05) is 0 Å². The highest BCUT2D eigenvalue weighted by Gasteiger charge is 2.38. The highest BCUT2D eigenvalue weighted by Crippen LogP contribution is 2.34. The molecule has 1 unspecified atom stereocenters. The number of nitrogens with one attached hydrogen (secondary N) is 1. The molecule has 1 aliphatic rings. The fourth-order valence-electron chi connectivity index (χ4n) is 2.78. The predicted octanol–water partition coefficient (Wildman–Crippen LogP) is 2.87. The monoisotopic (exact) mass is 291 g/mol. The van der Waals surface area contributed by atoms with Crippen molar-refractivity contribution in [3.05, 3.63) is 29.9 Å². The number of aromatic nitrogens is 2. The van der Waals surface area contributed by atoms with Gasteiger partial charge in [-0.2, -0.15) is 4.98 Å². The van der Waals surface area contributed by atoms with Crippen LogP contribution in [0.5, 0.6) is 5.75 Å². The van der Waals surface area contributed by atoms with Crippen molar-refractivity contribution in [2.45, 2.75) is 31.7 Å². The van der Waals surface area contributed by atoms with Gasteiger partial charge in [-0.15, -0.1) is 0 Å². The van der Waals surface area contributed by atoms with Crippen LogP contribution in [0.1, 0.15) is 32.1 Å². The Morgan fingerprint density at radius 2 is 2.33 bits per heavy atom. The molecule has 2 heterocycles. The zero-order valence-electron chi connectivity index (χ0n) is 12.1. The maximum atomic E-state index is 13.5. The zero-order valence-corrected chi connectivity index (χ0v) is 12.1. The summed E-state index contributed by atoms with van der Waals surface area (Å²) in [5, 5.41) is 7.48. The Labute approximate surface area is 122 Å². The lowest BCUT2D eigenvalue weighted by Gasteiger charge is -2.22. The van der Waals surface area contributed by atoms with Gasteiger partial charge in [-0.05, 0) is 44.0 Å². The van der Waals surface area contributed by atoms with E-state index in [0.29, 0.717) is 17.3 Å². The molecule has 112 valence electrons. The molecule has 5 nitrogen and oxygen atoms in total. The minimum absolute atomic E-state index is 0.169. The highest BCUT2D eigenvalue weighted by molar-refractivity contribution is 5.57. The molecule has 0 spiro atoms. The van der Waals surface area contributed by atoms with Crippen LogP contribution in [0.15, 0.2) is 22.7 Å². The number of hydrogen-bond donors (Lipinski definition) is 1. The molecule has 1 fully saturated rings. The summed E-state index contributed by atoms with van der Waals surface area (Å²) in [5.41, 5.74) is 0.447. The third-order valence-corrected chi connectivity index (χ3v) is 4.09. The molecule has 1 N–H and O–H groups in total. The lowest BCUT2D eigenvalue weighted by atomic mass is 9.94. The maximum Gasteiger partial charge on any atom is 0.247 e. The molecule has 21 heavy (non-hydrogen) atoms. The van der Waals surface area contributed by atoms with E-state index >= 15 is 0 Å². The van der Waals surface area contributed by atoms with Gasteiger partial charge in [0.2, 0.25) is 11.7 Å². The van der Waals surface area contributed by atoms with Crippen LogP contribution >= 0.6 is 0 Å². The largest absolute Gasteiger partial charge is 0.494 e. The van der Waals surface area contributed by atoms with Crippen LogP contribution in [0.4, 0.5) is 4.39 Å². The SMILES string of the molecule is CCC1(c2nc(-c3ccc(F)c(OC)c3)no2)CCCN1. The number of ether oxygens (including phenoxy) is 1. The molecule has 2 aromatic rings. The first-order valence-electron chi connectivity index (χ1n) is 7.11. The average Bonchev–Trinajstić information content (AvgIpc) is 3.17. The van der Waals surface area contributed by atoms with Gasteiger partial charge < -0.3 is 14.6 Å². The lowest BCUT2D eigenvalue weighted by molar-refractivity contribution is 0.250. The average molecular weight is 291 g/mol. The first kappa shape index (κ1) is 14.0. The molecule has 0 amide bonds. The summed E-state index contributed by atoms with van der Waals surface area (Å²) in [6.45, 7) is 3.05. The highest BCUT2D eigenvalue weighted by atomic mass is 19.1. The van der Waals surface area contributed by atoms with Crippen LogP contribution in [-0.2, 0) is 5.54 Å². The minimum atomic E-state index is -0.410. The van der Waals surface area contributed by atoms with Crippen molar-refractivity contribution in [2.75, 3.05) is 13.7 Å². The Hall–Kier alpha value is -1.95. The van der Waals surface area contributed by atoms with Crippen LogP contribution in [0.25, 0.3) is 11.4 Å². The summed E-state index contributed by atoms with van der Waals surface area (Å²) >= 11 is 0. The number of nitrogens with zero attached hydrogens (tertiary/aromatic N) is 2. The molecule has 0 radical (unpaired) electrons. The van der Waals surface area contributed by atoms with Gasteiger partial charge in [0, 0.05) is 5.56 Å². The minimum Gasteiger partial charge on any atom is -0.494 e. The maximum absolute atomic E-state index is 13.5. The Balaban J connectivity index is 1.95. The van der Waals surface area contributed by atoms with Gasteiger partial charge in [0.05, 0.1) is 12.6 Å². The van der Waals surface area contributed by atoms with E-state index in [2.05, 4.69) is 22.4 Å². The van der Waals surface area contributed by atoms with Gasteiger partial charge in [0.25, 0.3) is 0 Å². The van der Waals surface area contributed by atoms with Crippen molar-refractivity contribution in [1.82, 2.24) is 15.5 Å². The van der Waals surface area contributed by atoms with Crippen molar-refractivity contribution in [1.29, 1.82) is 0 Å². The fraction of sp³-hybridized carbons (Fsp3) is 0.467. The molecule has 6 heteroatoms. The van der Waals surface area contributed by atoms with E-state index in [-0.39, 0.29) is 11.3 Å². The smallest absolute Gasteiger partial charge is 0.247 e. The summed E-state index contributed by atoms with van der Waals surface area (Å²) in [5.74, 6) is 0.807. The van der Waals surface area contributed by atoms with Crippen molar-refractivity contribution < 1.29 is 13.7 Å². The molecule has 1 aromatic carbocycles. The molecular formula is C15H18FN3O2. The number of methoxy groups -OCH3 is 1. The van der Waals surface area contributed by atoms with Crippen LogP contribution in [0.3, 0.4) is 0 Å². The Bertz CT molecular complexity index is 636. The van der Waals surface area contributed by atoms with E-state index in [0.717, 1.165) is 25.8 Å². The molecule has 1 aromatic heterocycles. The van der Waals surface area contributed by atoms with Crippen LogP contribution in [-0.4, -0.2) is 23.8 Å². The number of halogens is 1. The fourth-order valence-corrected chi connectivity index (χ4v) is 2.78. The van der Waals surface area contributed by atoms with Gasteiger partial charge in [0.15, 0.2) is 11.6 Å². The predicted molar refractivity (Wildman–Crippen MR) is 75.4 cm³/mol. The van der Waals surface area contributed by atoms with Crippen molar-refractivity contribution in [2.24, 2.45) is 0 Å². The molecule has 1 aliphatic heterocycles. The Kier molecular flexibility index (Phi) is 3.63. The van der Waals surface area contributed by atoms with E-state index in [1.54, 1.807) is 12.1 Å². The van der Waals surface area contributed by atoms with Gasteiger partial charge in [-0.25, -0.2) is 4.39 Å². The van der Waals surface area contributed by atoms with Crippen molar-refractivity contribution in [3.8, 4) is 17.1 Å². The Morgan fingerprint density at radius 3 is 3.00 bits per heavy atom. The van der Waals surface area contributed by atoms with Crippen LogP contribution in [0, 0.1) is 5.82 Å². The first-order chi connectivity index (χ1) is 10.2. The van der Waals surface area contributed by atoms with E-state index in [4.69, 9.17) is 9.26 Å². The number of benzene rings is 1. The second-order valence-electron chi connectivity index (χ2n) is 5.24. The topological polar surface area (TPSA) is 60.2 Å². The third-order valence-electron chi connectivity index (χ3n) is 4.09. The lowest BCUT2D eigenvalue weighted by Crippen LogP contribution is -2.36. The molecule has 3 rings (SSSR count). The summed E-state index contributed by atoms with van der Waals surface area (Å²) < 4.78 is 23.9. The second-order valence-corrected chi connectivity index (χ2v) is 5.24. The molecule has 0 bridgehead atoms. The Morgan fingerprint density at radius 1 is 1.48 bits per heavy atom. The number of rotatable bonds is 4. The summed E-state index contributed by atoms with van der Waals surface area (Å²) in [6.07, 6.45) is 2.97. The van der Waals surface area contributed by atoms with Crippen molar-refractivity contribution in [3.63, 3.8) is 0 Å². The zero-order chi connectivity index (χ0) is 14.9. The third kappa shape index (κ3) is 2.40. The van der Waals surface area contributed by atoms with Crippen LogP contribution < -0.4 is 10.1 Å². The van der Waals surface area contributed by atoms with Crippen LogP contribution in [0.2, 0.25) is 0 Å². The van der Waals surface area contributed by atoms with E-state index in [1.165, 1.54) is 13.2 Å². The van der Waals surface area contributed by atoms with Crippen molar-refractivity contribution >= 4 is 0 Å². The molecule has 1 atom stereocenters. The summed E-state index contributed by atoms with van der Waals surface area (Å²) in [4.78, 5) is 4.49. The quantitative estimate of drug-likeness (QED) is 0.938. The standard InChI is InChI=1S/C15H18FN3O2/c1-3-15(7-4-8-17-15)14-18-13(19-21-14)10-5-6-11(16)12(9-10)20-2/h5-6,9,17H,3-4,7-8H2,1-2H3. The molecule has 1 saturated heterocycles. The number of hydrogen-bond acceptors (Lipinski definition) is 5. The second kappa shape index (κ2) is 5.44. The molecular weight excluding hydrogens is 273 g/mol. The van der Waals surface area contributed by atoms with Gasteiger partial charge in [-0.1, -0.05) is 12.1 Å². The summed E-state index contributed by atoms with van der Waals surface area (Å²) in [7, 11) is 1.43.